The van der Waals surface area contributed by atoms with Gasteiger partial charge in [-0.2, -0.15) is 33.4 Å². The average Bonchev–Trinajstić information content (AvgIpc) is 1.48. The number of likely N-dealkylation sites (N-methyl/N-ethyl adjacent to an activating group) is 1. The Bertz CT molecular complexity index is 4290. The van der Waals surface area contributed by atoms with Gasteiger partial charge in [0.15, 0.2) is 11.5 Å². The number of amides is 12. The number of nitro benzene ring substituents is 1. The number of aliphatic carboxylic acids is 1. The summed E-state index contributed by atoms with van der Waals surface area (Å²) >= 11 is 2.48. The fourth-order valence-corrected chi connectivity index (χ4v) is 16.0. The lowest BCUT2D eigenvalue weighted by atomic mass is 9.93. The summed E-state index contributed by atoms with van der Waals surface area (Å²) in [5, 5.41) is 52.5. The van der Waals surface area contributed by atoms with Crippen molar-refractivity contribution < 1.29 is 132 Å². The van der Waals surface area contributed by atoms with Crippen molar-refractivity contribution >= 4 is 133 Å². The van der Waals surface area contributed by atoms with E-state index < -0.39 is 105 Å². The fourth-order valence-electron chi connectivity index (χ4n) is 12.9. The predicted molar refractivity (Wildman–Crippen MR) is 475 cm³/mol. The van der Waals surface area contributed by atoms with Gasteiger partial charge in [0.25, 0.3) is 15.8 Å². The minimum absolute atomic E-state index is 0.0304. The molecule has 0 aromatic heterocycles. The van der Waals surface area contributed by atoms with E-state index in [0.29, 0.717) is 100 Å². The molecule has 2 fully saturated rings. The van der Waals surface area contributed by atoms with Gasteiger partial charge < -0.3 is 123 Å². The number of carboxylic acid groups (broad SMARTS) is 1. The van der Waals surface area contributed by atoms with Crippen molar-refractivity contribution in [2.75, 3.05) is 181 Å². The number of alkyl halides is 3. The number of unbranched alkanes of at least 4 members (excludes halogenated alkanes) is 4. The first kappa shape index (κ1) is 112. The zero-order chi connectivity index (χ0) is 96.3. The predicted octanol–water partition coefficient (Wildman–Crippen LogP) is -0.997. The number of ether oxygens (including phenoxy) is 6. The summed E-state index contributed by atoms with van der Waals surface area (Å²) in [6.45, 7) is 6.00. The van der Waals surface area contributed by atoms with Gasteiger partial charge in [0.05, 0.1) is 145 Å². The third-order valence-electron chi connectivity index (χ3n) is 19.7. The zero-order valence-electron chi connectivity index (χ0n) is 74.5. The Labute approximate surface area is 762 Å². The Morgan fingerprint density at radius 1 is 0.715 bits per heavy atom. The number of nitrogens with two attached hydrogens (primary N) is 1. The molecule has 3 heterocycles. The number of carbonyl (C=O) groups excluding carboxylic acids is 13. The van der Waals surface area contributed by atoms with Crippen LogP contribution >= 0.6 is 23.5 Å². The Kier molecular flexibility index (Phi) is 52.0. The number of halogens is 3. The number of benzene rings is 2. The summed E-state index contributed by atoms with van der Waals surface area (Å²) in [4.78, 5) is 172. The molecule has 130 heavy (non-hydrogen) atoms. The number of quaternary nitrogens is 1. The molecule has 7 atom stereocenters. The summed E-state index contributed by atoms with van der Waals surface area (Å²) in [5.74, 6) is -6.53. The number of hydrogen-bond donors (Lipinski definition) is 15. The van der Waals surface area contributed by atoms with Gasteiger partial charge in [-0.3, -0.25) is 67.4 Å². The van der Waals surface area contributed by atoms with Gasteiger partial charge in [-0.15, -0.1) is 0 Å². The highest BCUT2D eigenvalue weighted by Gasteiger charge is 2.43. The lowest BCUT2D eigenvalue weighted by Gasteiger charge is -2.36. The Hall–Kier alpha value is -10.5. The summed E-state index contributed by atoms with van der Waals surface area (Å²) in [6, 6.07) is 7.10. The first-order valence-corrected chi connectivity index (χ1v) is 46.2. The second kappa shape index (κ2) is 60.5. The number of nitro groups is 1. The van der Waals surface area contributed by atoms with E-state index in [0.717, 1.165) is 66.1 Å². The van der Waals surface area contributed by atoms with Crippen LogP contribution < -0.4 is 98.8 Å². The van der Waals surface area contributed by atoms with E-state index in [9.17, 15) is 89.2 Å². The molecule has 12 amide bonds. The monoisotopic (exact) mass is 1900 g/mol. The standard InChI is InChI=1S/C43H71N9O14S.C37H54N8O9S2.C2HF3O2/c1-4-5-16-66-35-24-33(52(59)60)30(23-34(35)61-3)29(2)48-40(56)27-65-22-20-62-17-14-46-39(55)26-64-21-19-63-18-15-47-42(57)31(49-38(54)25-44)10-8-9-13-45-37(53)12-7-6-11-36-41-32(28-67-36)50-43(58)51-41;1-25(46)39-23-35(49)42-30(37(51)41-22-34(48)40-24-36(50)55-17-18-56(52,53)54)9-6-7-15-38-33(47)10-8-16-45-31-20-28(43(2)3)13-11-26(31)19-27-12-14-29(44(4)5)21-32(27)45;3-2(4,5)1(6)7/h23-24,29,31-32,36,41H,4-22,25-28,44H2,1-3H3,(H,45,53)(H,46,55)(H,47,57)(H,48,56)(H,49,54)(H2,50,51,58);11-14,19-21,28,30H,6-10,15-18,22-24H2,1-5H3,(H,38,47)(H,39,46)(H,40,48)(H,41,51)(H,42,49)(H,52,53,54);(H,6,7)/t29?,31-,32?,36-,41?;28?,30-;/m10./s1. The van der Waals surface area contributed by atoms with Gasteiger partial charge in [-0.05, 0) is 113 Å². The molecule has 0 radical (unpaired) electrons. The number of urea groups is 1. The highest BCUT2D eigenvalue weighted by Crippen LogP contribution is 2.41. The van der Waals surface area contributed by atoms with Gasteiger partial charge in [0.2, 0.25) is 64.2 Å². The minimum Gasteiger partial charge on any atom is -0.542 e. The SMILES string of the molecule is CC(=O)NCC(=O)N[C@@H](CCCCNC(=O)CCCN1C2=CC([NH+](C)C)C=CC2=Cc2ccc(N(C)C)cc21)C(=O)NCC(=O)NCC(=O)SCCS(=O)(=O)O.CCCCOc1cc([N+](=O)[O-])c(C(C)NC(=O)COCCOCCNC(=O)COCCOCCNC(=O)[C@@H](CCCCNC(=O)CCCC[C@H]2SCC3NC(=O)NC32)NC(=O)CN)cc1OC.O=C([O-])C(F)(F)F. The normalized spacial score (nSPS) is 15.9. The minimum atomic E-state index is -5.19. The van der Waals surface area contributed by atoms with E-state index in [2.05, 4.69) is 130 Å². The van der Waals surface area contributed by atoms with Crippen molar-refractivity contribution in [3.8, 4) is 11.5 Å². The lowest BCUT2D eigenvalue weighted by Crippen LogP contribution is -3.09. The van der Waals surface area contributed by atoms with Crippen LogP contribution in [0.2, 0.25) is 0 Å². The van der Waals surface area contributed by atoms with Crippen LogP contribution in [0.3, 0.4) is 0 Å². The van der Waals surface area contributed by atoms with Crippen LogP contribution in [0.1, 0.15) is 128 Å². The van der Waals surface area contributed by atoms with Gasteiger partial charge in [0, 0.05) is 95.1 Å². The molecule has 1 aliphatic carbocycles. The first-order valence-electron chi connectivity index (χ1n) is 42.6. The molecule has 4 aliphatic rings. The molecule has 2 aromatic carbocycles. The maximum Gasteiger partial charge on any atom is 0.430 e. The second-order valence-corrected chi connectivity index (χ2v) is 34.5. The Balaban J connectivity index is 0.000000513. The summed E-state index contributed by atoms with van der Waals surface area (Å²) in [7, 11) is 5.47. The number of hydrogen-bond acceptors (Lipinski definition) is 29. The fraction of sp³-hybridized carbons (Fsp3) is 0.622. The van der Waals surface area contributed by atoms with Crippen LogP contribution in [0.15, 0.2) is 59.8 Å². The zero-order valence-corrected chi connectivity index (χ0v) is 77.0. The van der Waals surface area contributed by atoms with E-state index in [1.807, 2.05) is 32.8 Å². The van der Waals surface area contributed by atoms with Crippen LogP contribution in [0.5, 0.6) is 11.5 Å². The second-order valence-electron chi connectivity index (χ2n) is 30.5. The number of thioether (sulfide) groups is 2. The molecule has 2 saturated heterocycles. The number of carboxylic acids is 1. The van der Waals surface area contributed by atoms with E-state index in [1.165, 1.54) is 31.1 Å². The van der Waals surface area contributed by atoms with Crippen LogP contribution in [0, 0.1) is 10.1 Å². The number of nitrogens with zero attached hydrogens (tertiary/aromatic N) is 3. The van der Waals surface area contributed by atoms with Gasteiger partial charge in [-0.1, -0.05) is 43.7 Å². The molecule has 42 nitrogen and oxygen atoms in total. The number of fused-ring (bicyclic) bond motifs is 3. The van der Waals surface area contributed by atoms with Crippen molar-refractivity contribution in [1.82, 2.24) is 63.8 Å². The molecule has 0 spiro atoms. The molecule has 48 heteroatoms. The summed E-state index contributed by atoms with van der Waals surface area (Å²) < 4.78 is 94.5. The topological polar surface area (TPSA) is 579 Å². The number of anilines is 2. The van der Waals surface area contributed by atoms with Crippen LogP contribution in [-0.4, -0.2) is 307 Å². The van der Waals surface area contributed by atoms with Crippen molar-refractivity contribution in [1.29, 1.82) is 0 Å². The molecule has 0 bridgehead atoms. The van der Waals surface area contributed by atoms with Crippen molar-refractivity contribution in [2.24, 2.45) is 5.73 Å². The highest BCUT2D eigenvalue weighted by atomic mass is 32.2. The molecular formula is C82H126F3N17O25S3. The van der Waals surface area contributed by atoms with Crippen molar-refractivity contribution in [2.45, 2.75) is 158 Å². The van der Waals surface area contributed by atoms with Crippen molar-refractivity contribution in [3.63, 3.8) is 0 Å². The summed E-state index contributed by atoms with van der Waals surface area (Å²) in [5.41, 5.74) is 11.1. The molecule has 3 aliphatic heterocycles. The molecular weight excluding hydrogens is 1780 g/mol. The van der Waals surface area contributed by atoms with Gasteiger partial charge in [0.1, 0.15) is 37.3 Å². The third kappa shape index (κ3) is 44.9. The molecule has 0 saturated carbocycles. The molecule has 2 aromatic rings. The van der Waals surface area contributed by atoms with Crippen LogP contribution in [0.4, 0.5) is 35.0 Å². The maximum absolute atomic E-state index is 13.0. The average molecular weight is 1900 g/mol. The number of nitrogens with one attached hydrogen (secondary N) is 13. The number of allylic oxidation sites excluding steroid dienone is 1. The smallest absolute Gasteiger partial charge is 0.430 e. The van der Waals surface area contributed by atoms with E-state index in [-0.39, 0.29) is 156 Å². The molecule has 16 N–H and O–H groups in total. The van der Waals surface area contributed by atoms with Crippen LogP contribution in [0.25, 0.3) is 6.08 Å². The first-order chi connectivity index (χ1) is 61.7. The highest BCUT2D eigenvalue weighted by molar-refractivity contribution is 8.14. The summed E-state index contributed by atoms with van der Waals surface area (Å²) in [6.07, 6.45) is 12.0. The molecule has 6 rings (SSSR count). The van der Waals surface area contributed by atoms with Gasteiger partial charge in [-0.25, -0.2) is 4.79 Å². The van der Waals surface area contributed by atoms with E-state index in [4.69, 9.17) is 48.6 Å². The van der Waals surface area contributed by atoms with Gasteiger partial charge >= 0.3 is 12.2 Å². The molecule has 4 unspecified atom stereocenters. The number of rotatable bonds is 59. The van der Waals surface area contributed by atoms with E-state index in [1.54, 1.807) is 6.92 Å². The Morgan fingerprint density at radius 2 is 1.32 bits per heavy atom. The number of methoxy groups -OCH3 is 1. The molecule has 728 valence electrons. The largest absolute Gasteiger partial charge is 0.542 e. The maximum atomic E-state index is 13.0. The van der Waals surface area contributed by atoms with E-state index >= 15 is 0 Å². The number of carbonyl (C=O) groups is 13. The lowest BCUT2D eigenvalue weighted by molar-refractivity contribution is -0.871. The quantitative estimate of drug-likeness (QED) is 0.0124. The third-order valence-corrected chi connectivity index (χ3v) is 23.0. The van der Waals surface area contributed by atoms with Crippen LogP contribution in [-0.2, 0) is 86.6 Å². The van der Waals surface area contributed by atoms with Crippen molar-refractivity contribution in [3.05, 3.63) is 81.1 Å². The Morgan fingerprint density at radius 3 is 1.91 bits per heavy atom.